The Morgan fingerprint density at radius 3 is 2.11 bits per heavy atom. The number of quaternary nitrogens is 1. The molecule has 19 heavy (non-hydrogen) atoms. The minimum Gasteiger partial charge on any atom is -0.391 e. The zero-order chi connectivity index (χ0) is 14.9. The van der Waals surface area contributed by atoms with Gasteiger partial charge in [-0.05, 0) is 6.92 Å². The van der Waals surface area contributed by atoms with Gasteiger partial charge < -0.3 is 14.7 Å². The number of aliphatic hydroxyl groups excluding tert-OH is 2. The van der Waals surface area contributed by atoms with Crippen LogP contribution in [0.3, 0.4) is 0 Å². The number of aliphatic hydroxyl groups is 2. The molecule has 0 aliphatic carbocycles. The van der Waals surface area contributed by atoms with Crippen molar-refractivity contribution < 1.29 is 32.1 Å². The summed E-state index contributed by atoms with van der Waals surface area (Å²) < 4.78 is 43.0. The van der Waals surface area contributed by atoms with Crippen molar-refractivity contribution in [1.82, 2.24) is 0 Å². The van der Waals surface area contributed by atoms with E-state index in [2.05, 4.69) is 0 Å². The third-order valence-electron chi connectivity index (χ3n) is 2.94. The molecular weight excluding hydrogens is 277 g/mol. The Morgan fingerprint density at radius 1 is 1.21 bits per heavy atom. The van der Waals surface area contributed by atoms with E-state index in [1.54, 1.807) is 0 Å². The van der Waals surface area contributed by atoms with Crippen LogP contribution in [-0.2, 0) is 10.1 Å². The summed E-state index contributed by atoms with van der Waals surface area (Å²) in [5.41, 5.74) is 0. The van der Waals surface area contributed by atoms with Gasteiger partial charge in [0.05, 0.1) is 31.3 Å². The molecule has 0 aliphatic heterocycles. The summed E-state index contributed by atoms with van der Waals surface area (Å²) in [6.45, 7) is 2.16. The van der Waals surface area contributed by atoms with Crippen molar-refractivity contribution in [3.8, 4) is 0 Å². The quantitative estimate of drug-likeness (QED) is 0.388. The molecule has 0 atom stereocenters. The molecule has 0 bridgehead atoms. The molecule has 0 saturated heterocycles. The van der Waals surface area contributed by atoms with E-state index in [-0.39, 0.29) is 55.3 Å². The van der Waals surface area contributed by atoms with E-state index in [9.17, 15) is 12.8 Å². The molecule has 0 radical (unpaired) electrons. The van der Waals surface area contributed by atoms with Crippen LogP contribution in [0.1, 0.15) is 13.3 Å². The number of hydrogen-bond acceptors (Lipinski definition) is 4. The molecular formula is C11H23FNO5S+. The van der Waals surface area contributed by atoms with E-state index in [0.717, 1.165) is 0 Å². The van der Waals surface area contributed by atoms with E-state index in [1.807, 2.05) is 0 Å². The van der Waals surface area contributed by atoms with Crippen LogP contribution in [0.15, 0.2) is 11.9 Å². The summed E-state index contributed by atoms with van der Waals surface area (Å²) in [6.07, 6.45) is 1.52. The molecule has 0 saturated carbocycles. The fourth-order valence-electron chi connectivity index (χ4n) is 1.94. The van der Waals surface area contributed by atoms with Crippen molar-refractivity contribution in [3.05, 3.63) is 11.9 Å². The maximum atomic E-state index is 12.8. The summed E-state index contributed by atoms with van der Waals surface area (Å²) in [4.78, 5) is 0. The fraction of sp³-hybridized carbons (Fsp3) is 0.818. The zero-order valence-electron chi connectivity index (χ0n) is 11.1. The SMILES string of the molecule is CC(F)=CC[N+](CCO)(CCO)CCCS(=O)(=O)O. The van der Waals surface area contributed by atoms with Crippen LogP contribution < -0.4 is 0 Å². The first-order valence-corrected chi connectivity index (χ1v) is 7.70. The van der Waals surface area contributed by atoms with Crippen molar-refractivity contribution >= 4 is 10.1 Å². The third-order valence-corrected chi connectivity index (χ3v) is 3.75. The summed E-state index contributed by atoms with van der Waals surface area (Å²) in [5, 5.41) is 18.1. The van der Waals surface area contributed by atoms with Gasteiger partial charge in [0.15, 0.2) is 0 Å². The number of nitrogens with zero attached hydrogens (tertiary/aromatic N) is 1. The maximum absolute atomic E-state index is 12.8. The Kier molecular flexibility index (Phi) is 8.35. The summed E-state index contributed by atoms with van der Waals surface area (Å²) in [7, 11) is -4.03. The Labute approximate surface area is 113 Å². The van der Waals surface area contributed by atoms with Crippen LogP contribution in [-0.4, -0.2) is 72.8 Å². The normalized spacial score (nSPS) is 13.8. The predicted molar refractivity (Wildman–Crippen MR) is 69.8 cm³/mol. The van der Waals surface area contributed by atoms with E-state index in [1.165, 1.54) is 13.0 Å². The van der Waals surface area contributed by atoms with Gasteiger partial charge in [-0.15, -0.1) is 0 Å². The predicted octanol–water partition coefficient (Wildman–Crippen LogP) is -0.0610. The minimum atomic E-state index is -4.03. The first-order valence-electron chi connectivity index (χ1n) is 6.09. The number of hydrogen-bond donors (Lipinski definition) is 3. The van der Waals surface area contributed by atoms with Crippen LogP contribution in [0.5, 0.6) is 0 Å². The Hall–Kier alpha value is -0.540. The van der Waals surface area contributed by atoms with Gasteiger partial charge in [0.25, 0.3) is 10.1 Å². The lowest BCUT2D eigenvalue weighted by Crippen LogP contribution is -2.52. The Balaban J connectivity index is 4.74. The smallest absolute Gasteiger partial charge is 0.265 e. The van der Waals surface area contributed by atoms with Gasteiger partial charge in [0.1, 0.15) is 19.6 Å². The molecule has 6 nitrogen and oxygen atoms in total. The average Bonchev–Trinajstić information content (AvgIpc) is 2.25. The van der Waals surface area contributed by atoms with Crippen LogP contribution in [0.4, 0.5) is 4.39 Å². The van der Waals surface area contributed by atoms with Crippen LogP contribution >= 0.6 is 0 Å². The maximum Gasteiger partial charge on any atom is 0.265 e. The minimum absolute atomic E-state index is 0.148. The molecule has 0 aromatic carbocycles. The van der Waals surface area contributed by atoms with Crippen LogP contribution in [0, 0.1) is 0 Å². The molecule has 3 N–H and O–H groups in total. The Bertz CT molecular complexity index is 373. The third kappa shape index (κ3) is 9.06. The molecule has 8 heteroatoms. The Morgan fingerprint density at radius 2 is 1.74 bits per heavy atom. The van der Waals surface area contributed by atoms with Crippen molar-refractivity contribution in [1.29, 1.82) is 0 Å². The standard InChI is InChI=1S/C11H22FNO5S/c1-11(12)3-5-13(6-8-14,7-9-15)4-2-10-19(16,17)18/h3,14-15H,2,4-10H2,1H3/p+1. The lowest BCUT2D eigenvalue weighted by Gasteiger charge is -2.37. The first kappa shape index (κ1) is 18.5. The van der Waals surface area contributed by atoms with Gasteiger partial charge in [-0.3, -0.25) is 4.55 Å². The monoisotopic (exact) mass is 300 g/mol. The summed E-state index contributed by atoms with van der Waals surface area (Å²) >= 11 is 0. The molecule has 0 aromatic rings. The lowest BCUT2D eigenvalue weighted by molar-refractivity contribution is -0.923. The van der Waals surface area contributed by atoms with Crippen molar-refractivity contribution in [2.45, 2.75) is 13.3 Å². The van der Waals surface area contributed by atoms with Crippen molar-refractivity contribution in [2.75, 3.05) is 45.1 Å². The average molecular weight is 300 g/mol. The summed E-state index contributed by atoms with van der Waals surface area (Å²) in [5.74, 6) is -0.754. The second kappa shape index (κ2) is 8.60. The van der Waals surface area contributed by atoms with Gasteiger partial charge in [-0.1, -0.05) is 0 Å². The molecule has 0 amide bonds. The molecule has 0 aromatic heterocycles. The van der Waals surface area contributed by atoms with Crippen LogP contribution in [0.25, 0.3) is 0 Å². The summed E-state index contributed by atoms with van der Waals surface area (Å²) in [6, 6.07) is 0. The number of allylic oxidation sites excluding steroid dienone is 1. The van der Waals surface area contributed by atoms with Gasteiger partial charge in [0, 0.05) is 12.5 Å². The second-order valence-electron chi connectivity index (χ2n) is 4.57. The molecule has 0 unspecified atom stereocenters. The van der Waals surface area contributed by atoms with Gasteiger partial charge in [0.2, 0.25) is 0 Å². The molecule has 0 spiro atoms. The highest BCUT2D eigenvalue weighted by atomic mass is 32.2. The van der Waals surface area contributed by atoms with E-state index in [0.29, 0.717) is 6.54 Å². The number of rotatable bonds is 10. The fourth-order valence-corrected chi connectivity index (χ4v) is 2.43. The van der Waals surface area contributed by atoms with Gasteiger partial charge >= 0.3 is 0 Å². The van der Waals surface area contributed by atoms with Crippen LogP contribution in [0.2, 0.25) is 0 Å². The van der Waals surface area contributed by atoms with E-state index in [4.69, 9.17) is 14.8 Å². The molecule has 114 valence electrons. The van der Waals surface area contributed by atoms with E-state index >= 15 is 0 Å². The lowest BCUT2D eigenvalue weighted by atomic mass is 10.2. The molecule has 0 aliphatic rings. The van der Waals surface area contributed by atoms with Gasteiger partial charge in [-0.25, -0.2) is 4.39 Å². The van der Waals surface area contributed by atoms with Crippen molar-refractivity contribution in [3.63, 3.8) is 0 Å². The van der Waals surface area contributed by atoms with E-state index < -0.39 is 10.1 Å². The highest BCUT2D eigenvalue weighted by Gasteiger charge is 2.25. The first-order chi connectivity index (χ1) is 8.74. The zero-order valence-corrected chi connectivity index (χ0v) is 11.9. The molecule has 0 fully saturated rings. The van der Waals surface area contributed by atoms with Gasteiger partial charge in [-0.2, -0.15) is 8.42 Å². The highest BCUT2D eigenvalue weighted by molar-refractivity contribution is 7.85. The topological polar surface area (TPSA) is 94.8 Å². The van der Waals surface area contributed by atoms with Crippen molar-refractivity contribution in [2.24, 2.45) is 0 Å². The molecule has 0 heterocycles. The second-order valence-corrected chi connectivity index (χ2v) is 6.14. The number of halogens is 1. The molecule has 0 rings (SSSR count). The largest absolute Gasteiger partial charge is 0.391 e. The highest BCUT2D eigenvalue weighted by Crippen LogP contribution is 2.11.